The van der Waals surface area contributed by atoms with E-state index < -0.39 is 9.84 Å². The van der Waals surface area contributed by atoms with Gasteiger partial charge in [-0.3, -0.25) is 0 Å². The van der Waals surface area contributed by atoms with E-state index in [1.54, 1.807) is 36.4 Å². The maximum absolute atomic E-state index is 13.3. The molecule has 4 nitrogen and oxygen atoms in total. The minimum atomic E-state index is -4.17. The summed E-state index contributed by atoms with van der Waals surface area (Å²) in [4.78, 5) is -0.503. The Kier molecular flexibility index (Phi) is 7.23. The molecule has 2 aromatic carbocycles. The molecule has 0 heterocycles. The van der Waals surface area contributed by atoms with Crippen molar-refractivity contribution in [3.05, 3.63) is 97.1 Å². The second-order valence-corrected chi connectivity index (χ2v) is 8.46. The van der Waals surface area contributed by atoms with Crippen LogP contribution in [0.5, 0.6) is 11.5 Å². The van der Waals surface area contributed by atoms with Gasteiger partial charge in [0.1, 0.15) is 21.3 Å². The predicted octanol–water partition coefficient (Wildman–Crippen LogP) is 4.84. The third kappa shape index (κ3) is 4.35. The maximum Gasteiger partial charge on any atom is 0.213 e. The first-order chi connectivity index (χ1) is 13.8. The van der Waals surface area contributed by atoms with Crippen LogP contribution < -0.4 is 0 Å². The molecule has 2 N–H and O–H groups in total. The molecule has 0 aliphatic heterocycles. The third-order valence-electron chi connectivity index (χ3n) is 4.69. The van der Waals surface area contributed by atoms with E-state index in [0.29, 0.717) is 36.8 Å². The summed E-state index contributed by atoms with van der Waals surface area (Å²) in [6, 6.07) is 6.03. The number of aromatic hydroxyl groups is 2. The molecule has 0 atom stereocenters. The van der Waals surface area contributed by atoms with Gasteiger partial charge in [0, 0.05) is 11.1 Å². The van der Waals surface area contributed by atoms with Gasteiger partial charge in [0.2, 0.25) is 9.84 Å². The number of hydrogen-bond donors (Lipinski definition) is 2. The highest BCUT2D eigenvalue weighted by atomic mass is 32.2. The molecule has 0 spiro atoms. The van der Waals surface area contributed by atoms with Crippen LogP contribution in [0.4, 0.5) is 0 Å². The summed E-state index contributed by atoms with van der Waals surface area (Å²) in [7, 11) is -4.17. The molecule has 152 valence electrons. The van der Waals surface area contributed by atoms with Crippen LogP contribution in [0.15, 0.2) is 84.7 Å². The Morgan fingerprint density at radius 3 is 1.31 bits per heavy atom. The quantitative estimate of drug-likeness (QED) is 0.550. The van der Waals surface area contributed by atoms with Gasteiger partial charge in [-0.2, -0.15) is 0 Å². The molecule has 0 bridgehead atoms. The first-order valence-corrected chi connectivity index (χ1v) is 10.7. The highest BCUT2D eigenvalue weighted by molar-refractivity contribution is 7.91. The molecule has 29 heavy (non-hydrogen) atoms. The highest BCUT2D eigenvalue weighted by Crippen LogP contribution is 2.39. The molecule has 5 heteroatoms. The van der Waals surface area contributed by atoms with Gasteiger partial charge < -0.3 is 10.2 Å². The minimum Gasteiger partial charge on any atom is -0.506 e. The van der Waals surface area contributed by atoms with Crippen molar-refractivity contribution in [2.75, 3.05) is 0 Å². The van der Waals surface area contributed by atoms with Crippen molar-refractivity contribution >= 4 is 9.84 Å². The molecule has 2 aromatic rings. The summed E-state index contributed by atoms with van der Waals surface area (Å²) in [5, 5.41) is 21.5. The van der Waals surface area contributed by atoms with E-state index in [2.05, 4.69) is 26.3 Å². The summed E-state index contributed by atoms with van der Waals surface area (Å²) >= 11 is 0. The largest absolute Gasteiger partial charge is 0.506 e. The average molecular weight is 411 g/mol. The molecule has 0 radical (unpaired) electrons. The number of benzene rings is 2. The molecule has 0 aromatic heterocycles. The smallest absolute Gasteiger partial charge is 0.213 e. The molecule has 0 aliphatic carbocycles. The predicted molar refractivity (Wildman–Crippen MR) is 117 cm³/mol. The summed E-state index contributed by atoms with van der Waals surface area (Å²) < 4.78 is 26.6. The molecule has 0 saturated carbocycles. The normalized spacial score (nSPS) is 11.0. The van der Waals surface area contributed by atoms with E-state index >= 15 is 0 Å². The first kappa shape index (κ1) is 22.2. The number of rotatable bonds is 10. The summed E-state index contributed by atoms with van der Waals surface area (Å²) in [5.41, 5.74) is 2.51. The fraction of sp³-hybridized carbons (Fsp3) is 0.167. The van der Waals surface area contributed by atoms with Crippen molar-refractivity contribution < 1.29 is 18.6 Å². The van der Waals surface area contributed by atoms with E-state index in [0.717, 1.165) is 11.1 Å². The van der Waals surface area contributed by atoms with Crippen LogP contribution in [0.2, 0.25) is 0 Å². The Hall–Kier alpha value is -3.05. The second kappa shape index (κ2) is 9.43. The van der Waals surface area contributed by atoms with Crippen molar-refractivity contribution in [3.8, 4) is 11.5 Å². The van der Waals surface area contributed by atoms with Crippen molar-refractivity contribution in [3.63, 3.8) is 0 Å². The lowest BCUT2D eigenvalue weighted by atomic mass is 10.0. The minimum absolute atomic E-state index is 0.251. The Labute approximate surface area is 172 Å². The third-order valence-corrected chi connectivity index (χ3v) is 6.51. The van der Waals surface area contributed by atoms with E-state index in [4.69, 9.17) is 0 Å². The van der Waals surface area contributed by atoms with Gasteiger partial charge >= 0.3 is 0 Å². The Bertz CT molecular complexity index is 983. The number of phenols is 2. The van der Waals surface area contributed by atoms with E-state index in [9.17, 15) is 18.6 Å². The molecule has 0 unspecified atom stereocenters. The fourth-order valence-corrected chi connectivity index (χ4v) is 4.79. The van der Waals surface area contributed by atoms with Gasteiger partial charge in [-0.15, -0.1) is 26.3 Å². The number of sulfone groups is 1. The SMILES string of the molecule is C=CCc1ccc(S(=O)(=O)c2ccc(CC=C)c(CC=C)c2O)c(O)c1CC=C. The number of phenolic OH excluding ortho intramolecular Hbond substituents is 2. The molecule has 2 rings (SSSR count). The van der Waals surface area contributed by atoms with Crippen LogP contribution in [0.3, 0.4) is 0 Å². The van der Waals surface area contributed by atoms with Crippen molar-refractivity contribution in [2.45, 2.75) is 35.5 Å². The van der Waals surface area contributed by atoms with Crippen LogP contribution in [0, 0.1) is 0 Å². The Morgan fingerprint density at radius 1 is 0.655 bits per heavy atom. The van der Waals surface area contributed by atoms with Gasteiger partial charge in [-0.25, -0.2) is 8.42 Å². The summed E-state index contributed by atoms with van der Waals surface area (Å²) in [6.07, 6.45) is 8.16. The first-order valence-electron chi connectivity index (χ1n) is 9.19. The van der Waals surface area contributed by atoms with Gasteiger partial charge in [-0.1, -0.05) is 36.4 Å². The Morgan fingerprint density at radius 2 is 1.00 bits per heavy atom. The monoisotopic (exact) mass is 410 g/mol. The topological polar surface area (TPSA) is 74.6 Å². The van der Waals surface area contributed by atoms with Crippen LogP contribution in [0.1, 0.15) is 22.3 Å². The highest BCUT2D eigenvalue weighted by Gasteiger charge is 2.28. The second-order valence-electron chi connectivity index (χ2n) is 6.57. The van der Waals surface area contributed by atoms with Gasteiger partial charge in [-0.05, 0) is 48.9 Å². The zero-order valence-electron chi connectivity index (χ0n) is 16.4. The lowest BCUT2D eigenvalue weighted by Gasteiger charge is -2.16. The average Bonchev–Trinajstić information content (AvgIpc) is 2.67. The zero-order valence-corrected chi connectivity index (χ0v) is 17.2. The van der Waals surface area contributed by atoms with Crippen molar-refractivity contribution in [1.29, 1.82) is 0 Å². The van der Waals surface area contributed by atoms with E-state index in [1.165, 1.54) is 12.1 Å². The number of allylic oxidation sites excluding steroid dienone is 4. The van der Waals surface area contributed by atoms with E-state index in [-0.39, 0.29) is 21.3 Å². The summed E-state index contributed by atoms with van der Waals surface area (Å²) in [6.45, 7) is 14.7. The molecular formula is C24H26O4S. The van der Waals surface area contributed by atoms with Gasteiger partial charge in [0.15, 0.2) is 0 Å². The molecule has 0 amide bonds. The lowest BCUT2D eigenvalue weighted by Crippen LogP contribution is -2.07. The van der Waals surface area contributed by atoms with Crippen molar-refractivity contribution in [2.24, 2.45) is 0 Å². The zero-order chi connectivity index (χ0) is 21.6. The van der Waals surface area contributed by atoms with Crippen molar-refractivity contribution in [1.82, 2.24) is 0 Å². The van der Waals surface area contributed by atoms with Crippen LogP contribution in [-0.4, -0.2) is 18.6 Å². The van der Waals surface area contributed by atoms with Gasteiger partial charge in [0.05, 0.1) is 0 Å². The van der Waals surface area contributed by atoms with Crippen LogP contribution in [-0.2, 0) is 35.5 Å². The van der Waals surface area contributed by atoms with Crippen LogP contribution >= 0.6 is 0 Å². The van der Waals surface area contributed by atoms with Gasteiger partial charge in [0.25, 0.3) is 0 Å². The Balaban J connectivity index is 2.73. The molecule has 0 saturated heterocycles. The number of hydrogen-bond acceptors (Lipinski definition) is 4. The molecule has 0 fully saturated rings. The fourth-order valence-electron chi connectivity index (χ4n) is 3.30. The van der Waals surface area contributed by atoms with Crippen LogP contribution in [0.25, 0.3) is 0 Å². The maximum atomic E-state index is 13.3. The standard InChI is InChI=1S/C24H26O4S/c1-5-9-17-13-15-21(23(25)19(17)11-7-3)29(27,28)22-16-14-18(10-6-2)20(12-8-4)24(22)26/h5-8,13-16,25-26H,1-4,9-12H2. The summed E-state index contributed by atoms with van der Waals surface area (Å²) in [5.74, 6) is -0.659. The lowest BCUT2D eigenvalue weighted by molar-refractivity contribution is 0.446. The molecule has 0 aliphatic rings. The van der Waals surface area contributed by atoms with E-state index in [1.807, 2.05) is 0 Å². The molecular weight excluding hydrogens is 384 g/mol.